The molecule has 1 aromatic rings. The number of rotatable bonds is 3. The van der Waals surface area contributed by atoms with Crippen LogP contribution in [0.2, 0.25) is 0 Å². The van der Waals surface area contributed by atoms with Crippen LogP contribution in [0.25, 0.3) is 0 Å². The molecule has 0 atom stereocenters. The fraction of sp³-hybridized carbons (Fsp3) is 0.364. The zero-order valence-electron chi connectivity index (χ0n) is 8.03. The molecule has 0 spiro atoms. The van der Waals surface area contributed by atoms with Crippen molar-refractivity contribution in [1.82, 2.24) is 0 Å². The van der Waals surface area contributed by atoms with Crippen LogP contribution in [0.4, 0.5) is 0 Å². The van der Waals surface area contributed by atoms with Gasteiger partial charge in [-0.1, -0.05) is 12.1 Å². The topological polar surface area (TPSA) is 57.5 Å². The molecule has 1 fully saturated rings. The molecule has 15 heavy (non-hydrogen) atoms. The highest BCUT2D eigenvalue weighted by molar-refractivity contribution is 9.10. The summed E-state index contributed by atoms with van der Waals surface area (Å²) < 4.78 is 0.628. The first kappa shape index (κ1) is 10.5. The maximum absolute atomic E-state index is 10.7. The molecular formula is C11H11BrO3. The van der Waals surface area contributed by atoms with Crippen molar-refractivity contribution in [3.05, 3.63) is 28.2 Å². The number of carboxylic acid groups (broad SMARTS) is 1. The average molecular weight is 271 g/mol. The second-order valence-electron chi connectivity index (χ2n) is 3.99. The third-order valence-corrected chi connectivity index (χ3v) is 3.73. The number of phenols is 1. The number of hydrogen-bond acceptors (Lipinski definition) is 2. The molecule has 0 unspecified atom stereocenters. The van der Waals surface area contributed by atoms with Gasteiger partial charge in [0.25, 0.3) is 0 Å². The van der Waals surface area contributed by atoms with E-state index in [4.69, 9.17) is 5.11 Å². The first-order valence-corrected chi connectivity index (χ1v) is 5.54. The van der Waals surface area contributed by atoms with Crippen molar-refractivity contribution in [3.63, 3.8) is 0 Å². The summed E-state index contributed by atoms with van der Waals surface area (Å²) in [6.45, 7) is 0. The fourth-order valence-electron chi connectivity index (χ4n) is 1.91. The van der Waals surface area contributed by atoms with E-state index in [0.29, 0.717) is 4.47 Å². The number of hydrogen-bond donors (Lipinski definition) is 2. The number of carboxylic acids is 1. The van der Waals surface area contributed by atoms with Crippen molar-refractivity contribution >= 4 is 21.9 Å². The van der Waals surface area contributed by atoms with E-state index < -0.39 is 5.97 Å². The molecule has 0 aromatic heterocycles. The maximum atomic E-state index is 10.7. The smallest absolute Gasteiger partial charge is 0.304 e. The van der Waals surface area contributed by atoms with Gasteiger partial charge in [0.2, 0.25) is 0 Å². The number of benzene rings is 1. The lowest BCUT2D eigenvalue weighted by Crippen LogP contribution is -2.13. The van der Waals surface area contributed by atoms with Gasteiger partial charge in [0, 0.05) is 5.41 Å². The molecule has 4 heteroatoms. The quantitative estimate of drug-likeness (QED) is 0.888. The predicted molar refractivity (Wildman–Crippen MR) is 59.0 cm³/mol. The molecule has 0 saturated heterocycles. The Kier molecular flexibility index (Phi) is 2.46. The van der Waals surface area contributed by atoms with Crippen LogP contribution in [0, 0.1) is 0 Å². The van der Waals surface area contributed by atoms with Crippen molar-refractivity contribution in [2.24, 2.45) is 0 Å². The zero-order valence-corrected chi connectivity index (χ0v) is 9.62. The van der Waals surface area contributed by atoms with Crippen LogP contribution in [0.5, 0.6) is 5.75 Å². The minimum absolute atomic E-state index is 0.134. The molecule has 2 rings (SSSR count). The van der Waals surface area contributed by atoms with E-state index in [9.17, 15) is 9.90 Å². The first-order valence-electron chi connectivity index (χ1n) is 4.75. The molecule has 0 aliphatic heterocycles. The summed E-state index contributed by atoms with van der Waals surface area (Å²) in [5.41, 5.74) is 0.647. The Bertz CT molecular complexity index is 410. The number of carbonyl (C=O) groups is 1. The third kappa shape index (κ3) is 1.86. The van der Waals surface area contributed by atoms with Gasteiger partial charge in [0.05, 0.1) is 10.9 Å². The molecule has 1 aromatic carbocycles. The van der Waals surface area contributed by atoms with Crippen molar-refractivity contribution in [2.75, 3.05) is 0 Å². The van der Waals surface area contributed by atoms with Gasteiger partial charge in [0.1, 0.15) is 5.75 Å². The Hall–Kier alpha value is -1.03. The summed E-state index contributed by atoms with van der Waals surface area (Å²) in [5.74, 6) is -0.619. The van der Waals surface area contributed by atoms with Crippen molar-refractivity contribution in [2.45, 2.75) is 24.7 Å². The lowest BCUT2D eigenvalue weighted by Gasteiger charge is -2.15. The van der Waals surface area contributed by atoms with E-state index in [-0.39, 0.29) is 17.6 Å². The van der Waals surface area contributed by atoms with Gasteiger partial charge >= 0.3 is 5.97 Å². The highest BCUT2D eigenvalue weighted by Crippen LogP contribution is 2.54. The Labute approximate surface area is 95.9 Å². The predicted octanol–water partition coefficient (Wildman–Crippen LogP) is 2.66. The number of halogens is 1. The van der Waals surface area contributed by atoms with E-state index in [0.717, 1.165) is 18.4 Å². The van der Waals surface area contributed by atoms with Crippen molar-refractivity contribution in [3.8, 4) is 5.75 Å². The Morgan fingerprint density at radius 3 is 2.67 bits per heavy atom. The lowest BCUT2D eigenvalue weighted by atomic mass is 9.92. The van der Waals surface area contributed by atoms with Gasteiger partial charge in [-0.25, -0.2) is 0 Å². The molecule has 1 saturated carbocycles. The molecule has 1 aliphatic carbocycles. The van der Waals surface area contributed by atoms with Crippen LogP contribution < -0.4 is 0 Å². The Morgan fingerprint density at radius 1 is 1.47 bits per heavy atom. The van der Waals surface area contributed by atoms with E-state index in [2.05, 4.69) is 15.9 Å². The van der Waals surface area contributed by atoms with E-state index in [1.54, 1.807) is 12.1 Å². The summed E-state index contributed by atoms with van der Waals surface area (Å²) in [6, 6.07) is 5.21. The third-order valence-electron chi connectivity index (χ3n) is 2.89. The van der Waals surface area contributed by atoms with Gasteiger partial charge in [-0.15, -0.1) is 0 Å². The largest absolute Gasteiger partial charge is 0.507 e. The second kappa shape index (κ2) is 3.52. The van der Waals surface area contributed by atoms with Crippen LogP contribution in [-0.2, 0) is 10.2 Å². The molecule has 80 valence electrons. The van der Waals surface area contributed by atoms with Gasteiger partial charge in [-0.3, -0.25) is 4.79 Å². The minimum Gasteiger partial charge on any atom is -0.507 e. The normalized spacial score (nSPS) is 17.4. The van der Waals surface area contributed by atoms with Crippen LogP contribution in [0.15, 0.2) is 22.7 Å². The van der Waals surface area contributed by atoms with Crippen LogP contribution in [0.3, 0.4) is 0 Å². The van der Waals surface area contributed by atoms with E-state index in [1.807, 2.05) is 6.07 Å². The minimum atomic E-state index is -0.789. The zero-order chi connectivity index (χ0) is 11.1. The molecule has 1 aliphatic rings. The fourth-order valence-corrected chi connectivity index (χ4v) is 2.60. The molecule has 0 heterocycles. The van der Waals surface area contributed by atoms with Gasteiger partial charge < -0.3 is 10.2 Å². The summed E-state index contributed by atoms with van der Waals surface area (Å²) in [5, 5.41) is 18.4. The number of phenolic OH excluding ortho intramolecular Hbond substituents is 1. The molecule has 0 radical (unpaired) electrons. The Morgan fingerprint density at radius 2 is 2.13 bits per heavy atom. The maximum Gasteiger partial charge on any atom is 0.304 e. The van der Waals surface area contributed by atoms with Crippen LogP contribution in [0.1, 0.15) is 24.8 Å². The lowest BCUT2D eigenvalue weighted by molar-refractivity contribution is -0.137. The van der Waals surface area contributed by atoms with Gasteiger partial charge in [-0.2, -0.15) is 0 Å². The molecule has 0 bridgehead atoms. The van der Waals surface area contributed by atoms with Crippen LogP contribution in [-0.4, -0.2) is 16.2 Å². The molecule has 0 amide bonds. The SMILES string of the molecule is O=C(O)CC1(c2cccc(O)c2Br)CC1. The molecule has 2 N–H and O–H groups in total. The summed E-state index contributed by atoms with van der Waals surface area (Å²) in [7, 11) is 0. The van der Waals surface area contributed by atoms with Crippen molar-refractivity contribution < 1.29 is 15.0 Å². The molecular weight excluding hydrogens is 260 g/mol. The van der Waals surface area contributed by atoms with Gasteiger partial charge in [-0.05, 0) is 40.4 Å². The monoisotopic (exact) mass is 270 g/mol. The first-order chi connectivity index (χ1) is 7.05. The highest BCUT2D eigenvalue weighted by Gasteiger charge is 2.47. The second-order valence-corrected chi connectivity index (χ2v) is 4.78. The number of aromatic hydroxyl groups is 1. The van der Waals surface area contributed by atoms with Gasteiger partial charge in [0.15, 0.2) is 0 Å². The van der Waals surface area contributed by atoms with E-state index in [1.165, 1.54) is 0 Å². The highest BCUT2D eigenvalue weighted by atomic mass is 79.9. The van der Waals surface area contributed by atoms with Crippen LogP contribution >= 0.6 is 15.9 Å². The average Bonchev–Trinajstić information content (AvgIpc) is 2.89. The summed E-state index contributed by atoms with van der Waals surface area (Å²) >= 11 is 3.30. The van der Waals surface area contributed by atoms with E-state index >= 15 is 0 Å². The molecule has 3 nitrogen and oxygen atoms in total. The number of aliphatic carboxylic acids is 1. The summed E-state index contributed by atoms with van der Waals surface area (Å²) in [4.78, 5) is 10.7. The van der Waals surface area contributed by atoms with Crippen molar-refractivity contribution in [1.29, 1.82) is 0 Å². The standard InChI is InChI=1S/C11H11BrO3/c12-10-7(2-1-3-8(10)13)11(4-5-11)6-9(14)15/h1-3,13H,4-6H2,(H,14,15). The Balaban J connectivity index is 2.37. The summed E-state index contributed by atoms with van der Waals surface area (Å²) in [6.07, 6.45) is 1.89.